The molecule has 0 radical (unpaired) electrons. The van der Waals surface area contributed by atoms with Crippen molar-refractivity contribution in [2.45, 2.75) is 58.9 Å². The average Bonchev–Trinajstić information content (AvgIpc) is 2.21. The number of thioether (sulfide) groups is 1. The van der Waals surface area contributed by atoms with E-state index in [1.54, 1.807) is 0 Å². The monoisotopic (exact) mass is 217 g/mol. The number of rotatable bonds is 9. The van der Waals surface area contributed by atoms with Crippen molar-refractivity contribution in [3.63, 3.8) is 0 Å². The lowest BCUT2D eigenvalue weighted by molar-refractivity contribution is 0.396. The maximum Gasteiger partial charge on any atom is 0.0133 e. The van der Waals surface area contributed by atoms with Gasteiger partial charge in [-0.25, -0.2) is 0 Å². The minimum atomic E-state index is 0.418. The highest BCUT2D eigenvalue weighted by atomic mass is 32.2. The van der Waals surface area contributed by atoms with Crippen molar-refractivity contribution < 1.29 is 0 Å². The van der Waals surface area contributed by atoms with Gasteiger partial charge in [0.05, 0.1) is 0 Å². The third-order valence-electron chi connectivity index (χ3n) is 2.72. The molecule has 2 unspecified atom stereocenters. The van der Waals surface area contributed by atoms with Crippen LogP contribution >= 0.6 is 11.8 Å². The molecule has 2 N–H and O–H groups in total. The number of hydrogen-bond donors (Lipinski definition) is 1. The van der Waals surface area contributed by atoms with Crippen LogP contribution in [0.2, 0.25) is 0 Å². The van der Waals surface area contributed by atoms with Gasteiger partial charge in [0.1, 0.15) is 0 Å². The van der Waals surface area contributed by atoms with Crippen LogP contribution in [0.1, 0.15) is 52.9 Å². The maximum absolute atomic E-state index is 6.09. The second-order valence-corrected chi connectivity index (χ2v) is 5.39. The van der Waals surface area contributed by atoms with E-state index in [1.165, 1.54) is 37.9 Å². The number of nitrogens with two attached hydrogens (primary N) is 1. The molecule has 2 atom stereocenters. The van der Waals surface area contributed by atoms with E-state index in [2.05, 4.69) is 20.8 Å². The van der Waals surface area contributed by atoms with Gasteiger partial charge in [-0.15, -0.1) is 0 Å². The van der Waals surface area contributed by atoms with Crippen LogP contribution in [0.3, 0.4) is 0 Å². The molecule has 0 amide bonds. The first kappa shape index (κ1) is 14.3. The van der Waals surface area contributed by atoms with Crippen LogP contribution in [0.25, 0.3) is 0 Å². The fourth-order valence-electron chi connectivity index (χ4n) is 1.75. The summed E-state index contributed by atoms with van der Waals surface area (Å²) < 4.78 is 0. The molecule has 0 aromatic rings. The summed E-state index contributed by atoms with van der Waals surface area (Å²) in [6.07, 6.45) is 6.58. The average molecular weight is 217 g/mol. The SMILES string of the molecule is CCCCC(CC)CC(N)CSCC. The summed E-state index contributed by atoms with van der Waals surface area (Å²) in [6, 6.07) is 0.418. The Balaban J connectivity index is 3.57. The van der Waals surface area contributed by atoms with Gasteiger partial charge in [0.25, 0.3) is 0 Å². The molecule has 0 aromatic carbocycles. The van der Waals surface area contributed by atoms with Gasteiger partial charge >= 0.3 is 0 Å². The van der Waals surface area contributed by atoms with E-state index in [9.17, 15) is 0 Å². The van der Waals surface area contributed by atoms with Crippen LogP contribution in [0, 0.1) is 5.92 Å². The quantitative estimate of drug-likeness (QED) is 0.637. The minimum absolute atomic E-state index is 0.418. The molecule has 0 aliphatic heterocycles. The van der Waals surface area contributed by atoms with Crippen molar-refractivity contribution in [3.05, 3.63) is 0 Å². The fraction of sp³-hybridized carbons (Fsp3) is 1.00. The number of hydrogen-bond acceptors (Lipinski definition) is 2. The molecule has 0 fully saturated rings. The molecule has 0 bridgehead atoms. The molecule has 86 valence electrons. The fourth-order valence-corrected chi connectivity index (χ4v) is 2.42. The molecule has 14 heavy (non-hydrogen) atoms. The van der Waals surface area contributed by atoms with Crippen molar-refractivity contribution in [3.8, 4) is 0 Å². The topological polar surface area (TPSA) is 26.0 Å². The Kier molecular flexibility index (Phi) is 10.1. The van der Waals surface area contributed by atoms with Crippen LogP contribution in [0.4, 0.5) is 0 Å². The lowest BCUT2D eigenvalue weighted by Gasteiger charge is -2.19. The summed E-state index contributed by atoms with van der Waals surface area (Å²) >= 11 is 1.97. The Morgan fingerprint density at radius 1 is 1.21 bits per heavy atom. The third kappa shape index (κ3) is 7.69. The summed E-state index contributed by atoms with van der Waals surface area (Å²) in [5.74, 6) is 3.20. The molecule has 1 nitrogen and oxygen atoms in total. The largest absolute Gasteiger partial charge is 0.327 e. The van der Waals surface area contributed by atoms with Gasteiger partial charge in [0.2, 0.25) is 0 Å². The Labute approximate surface area is 94.2 Å². The molecule has 0 rings (SSSR count). The predicted molar refractivity (Wildman–Crippen MR) is 68.9 cm³/mol. The van der Waals surface area contributed by atoms with Crippen molar-refractivity contribution in [2.24, 2.45) is 11.7 Å². The highest BCUT2D eigenvalue weighted by Crippen LogP contribution is 2.19. The lowest BCUT2D eigenvalue weighted by atomic mass is 9.93. The van der Waals surface area contributed by atoms with Crippen molar-refractivity contribution in [1.82, 2.24) is 0 Å². The molecule has 0 saturated heterocycles. The van der Waals surface area contributed by atoms with E-state index in [0.29, 0.717) is 6.04 Å². The summed E-state index contributed by atoms with van der Waals surface area (Å²) in [5, 5.41) is 0. The molecule has 0 aromatic heterocycles. The van der Waals surface area contributed by atoms with Crippen LogP contribution < -0.4 is 5.73 Å². The van der Waals surface area contributed by atoms with Crippen LogP contribution in [-0.2, 0) is 0 Å². The van der Waals surface area contributed by atoms with Gasteiger partial charge in [-0.05, 0) is 18.1 Å². The van der Waals surface area contributed by atoms with Crippen LogP contribution in [-0.4, -0.2) is 17.5 Å². The smallest absolute Gasteiger partial charge is 0.0133 e. The van der Waals surface area contributed by atoms with Crippen LogP contribution in [0.5, 0.6) is 0 Å². The predicted octanol–water partition coefficient (Wildman–Crippen LogP) is 3.67. The second-order valence-electron chi connectivity index (χ2n) is 4.07. The molecule has 0 heterocycles. The first-order chi connectivity index (χ1) is 6.74. The summed E-state index contributed by atoms with van der Waals surface area (Å²) in [5.41, 5.74) is 6.09. The maximum atomic E-state index is 6.09. The lowest BCUT2D eigenvalue weighted by Crippen LogP contribution is -2.26. The van der Waals surface area contributed by atoms with Crippen LogP contribution in [0.15, 0.2) is 0 Å². The van der Waals surface area contributed by atoms with Gasteiger partial charge in [-0.1, -0.05) is 46.5 Å². The van der Waals surface area contributed by atoms with E-state index < -0.39 is 0 Å². The van der Waals surface area contributed by atoms with E-state index in [1.807, 2.05) is 11.8 Å². The highest BCUT2D eigenvalue weighted by Gasteiger charge is 2.11. The Morgan fingerprint density at radius 3 is 2.43 bits per heavy atom. The van der Waals surface area contributed by atoms with Crippen molar-refractivity contribution in [1.29, 1.82) is 0 Å². The first-order valence-electron chi connectivity index (χ1n) is 6.07. The van der Waals surface area contributed by atoms with Gasteiger partial charge in [0, 0.05) is 11.8 Å². The molecular formula is C12H27NS. The summed E-state index contributed by atoms with van der Waals surface area (Å²) in [4.78, 5) is 0. The van der Waals surface area contributed by atoms with Gasteiger partial charge in [0.15, 0.2) is 0 Å². The van der Waals surface area contributed by atoms with E-state index in [0.717, 1.165) is 11.7 Å². The zero-order valence-electron chi connectivity index (χ0n) is 10.1. The summed E-state index contributed by atoms with van der Waals surface area (Å²) in [7, 11) is 0. The zero-order chi connectivity index (χ0) is 10.8. The molecule has 2 heteroatoms. The molecular weight excluding hydrogens is 190 g/mol. The van der Waals surface area contributed by atoms with Crippen molar-refractivity contribution in [2.75, 3.05) is 11.5 Å². The number of unbranched alkanes of at least 4 members (excludes halogenated alkanes) is 1. The summed E-state index contributed by atoms with van der Waals surface area (Å²) in [6.45, 7) is 6.76. The van der Waals surface area contributed by atoms with Gasteiger partial charge in [-0.2, -0.15) is 11.8 Å². The molecule has 0 aliphatic carbocycles. The van der Waals surface area contributed by atoms with Gasteiger partial charge < -0.3 is 5.73 Å². The Morgan fingerprint density at radius 2 is 1.93 bits per heavy atom. The first-order valence-corrected chi connectivity index (χ1v) is 7.23. The van der Waals surface area contributed by atoms with Crippen molar-refractivity contribution >= 4 is 11.8 Å². The van der Waals surface area contributed by atoms with E-state index in [-0.39, 0.29) is 0 Å². The normalized spacial score (nSPS) is 15.4. The molecule has 0 saturated carbocycles. The van der Waals surface area contributed by atoms with E-state index in [4.69, 9.17) is 5.73 Å². The minimum Gasteiger partial charge on any atom is -0.327 e. The zero-order valence-corrected chi connectivity index (χ0v) is 10.9. The van der Waals surface area contributed by atoms with Gasteiger partial charge in [-0.3, -0.25) is 0 Å². The standard InChI is InChI=1S/C12H27NS/c1-4-7-8-11(5-2)9-12(13)10-14-6-3/h11-12H,4-10,13H2,1-3H3. The molecule has 0 spiro atoms. The Bertz CT molecular complexity index is 117. The third-order valence-corrected chi connectivity index (χ3v) is 3.79. The Hall–Kier alpha value is 0.310. The van der Waals surface area contributed by atoms with E-state index >= 15 is 0 Å². The molecule has 0 aliphatic rings. The highest BCUT2D eigenvalue weighted by molar-refractivity contribution is 7.99. The second kappa shape index (κ2) is 9.85.